The van der Waals surface area contributed by atoms with Gasteiger partial charge in [-0.2, -0.15) is 0 Å². The van der Waals surface area contributed by atoms with Gasteiger partial charge in [-0.25, -0.2) is 9.98 Å². The molecule has 3 aromatic carbocycles. The van der Waals surface area contributed by atoms with Crippen molar-refractivity contribution in [3.63, 3.8) is 0 Å². The first kappa shape index (κ1) is 28.1. The topological polar surface area (TPSA) is 48.8 Å². The van der Waals surface area contributed by atoms with Crippen LogP contribution in [-0.4, -0.2) is 17.0 Å². The van der Waals surface area contributed by atoms with Crippen molar-refractivity contribution in [3.05, 3.63) is 103 Å². The quantitative estimate of drug-likeness (QED) is 0.262. The largest absolute Gasteiger partial charge is 0.380 e. The van der Waals surface area contributed by atoms with Gasteiger partial charge in [-0.1, -0.05) is 46.8 Å². The van der Waals surface area contributed by atoms with Crippen LogP contribution in [0.5, 0.6) is 0 Å². The Morgan fingerprint density at radius 2 is 0.949 bits per heavy atom. The van der Waals surface area contributed by atoms with E-state index in [-0.39, 0.29) is 11.0 Å². The highest BCUT2D eigenvalue weighted by atomic mass is 15.0. The third-order valence-corrected chi connectivity index (χ3v) is 7.95. The molecule has 4 rings (SSSR count). The molecular weight excluding hydrogens is 476 g/mol. The van der Waals surface area contributed by atoms with Crippen LogP contribution in [-0.2, 0) is 5.41 Å². The smallest absolute Gasteiger partial charge is 0.0638 e. The summed E-state index contributed by atoms with van der Waals surface area (Å²) in [5.41, 5.74) is 8.60. The number of rotatable bonds is 10. The Morgan fingerprint density at radius 1 is 0.538 bits per heavy atom. The summed E-state index contributed by atoms with van der Waals surface area (Å²) >= 11 is 0. The second-order valence-corrected chi connectivity index (χ2v) is 11.2. The van der Waals surface area contributed by atoms with Crippen LogP contribution >= 0.6 is 0 Å². The van der Waals surface area contributed by atoms with E-state index in [0.717, 1.165) is 59.1 Å². The molecule has 1 aliphatic rings. The van der Waals surface area contributed by atoms with E-state index in [1.54, 1.807) is 0 Å². The molecule has 4 heteroatoms. The lowest BCUT2D eigenvalue weighted by Crippen LogP contribution is -2.32. The number of nitrogens with one attached hydrogen (secondary N) is 2. The molecule has 0 saturated carbocycles. The van der Waals surface area contributed by atoms with E-state index in [4.69, 9.17) is 9.98 Å². The number of nitrogens with zero attached hydrogens (tertiary/aromatic N) is 2. The minimum Gasteiger partial charge on any atom is -0.380 e. The predicted octanol–water partition coefficient (Wildman–Crippen LogP) is 10.1. The van der Waals surface area contributed by atoms with Gasteiger partial charge >= 0.3 is 0 Å². The lowest BCUT2D eigenvalue weighted by molar-refractivity contribution is 0.478. The van der Waals surface area contributed by atoms with E-state index in [1.807, 2.05) is 36.4 Å². The molecule has 1 aliphatic carbocycles. The molecule has 0 bridgehead atoms. The lowest BCUT2D eigenvalue weighted by atomic mass is 9.82. The first-order valence-electron chi connectivity index (χ1n) is 14.1. The molecule has 0 unspecified atom stereocenters. The fourth-order valence-electron chi connectivity index (χ4n) is 4.29. The second kappa shape index (κ2) is 12.3. The Morgan fingerprint density at radius 3 is 1.38 bits per heavy atom. The Balaban J connectivity index is 1.34. The van der Waals surface area contributed by atoms with Gasteiger partial charge in [-0.05, 0) is 122 Å². The summed E-state index contributed by atoms with van der Waals surface area (Å²) in [4.78, 5) is 9.54. The third kappa shape index (κ3) is 7.57. The average molecular weight is 519 g/mol. The summed E-state index contributed by atoms with van der Waals surface area (Å²) in [6.07, 6.45) is 11.3. The molecule has 3 aromatic rings. The summed E-state index contributed by atoms with van der Waals surface area (Å²) in [7, 11) is 0. The van der Waals surface area contributed by atoms with Crippen molar-refractivity contribution in [2.24, 2.45) is 9.98 Å². The molecule has 0 radical (unpaired) electrons. The average Bonchev–Trinajstić information content (AvgIpc) is 2.96. The second-order valence-electron chi connectivity index (χ2n) is 11.2. The van der Waals surface area contributed by atoms with Gasteiger partial charge < -0.3 is 10.6 Å². The summed E-state index contributed by atoms with van der Waals surface area (Å²) in [5.74, 6) is 0. The van der Waals surface area contributed by atoms with Crippen LogP contribution in [0, 0.1) is 0 Å². The fourth-order valence-corrected chi connectivity index (χ4v) is 4.29. The van der Waals surface area contributed by atoms with Crippen molar-refractivity contribution >= 4 is 39.9 Å². The molecule has 0 fully saturated rings. The molecule has 0 amide bonds. The van der Waals surface area contributed by atoms with Crippen molar-refractivity contribution < 1.29 is 0 Å². The molecule has 0 atom stereocenters. The molecule has 0 spiro atoms. The summed E-state index contributed by atoms with van der Waals surface area (Å²) in [6, 6.07) is 25.2. The van der Waals surface area contributed by atoms with Crippen molar-refractivity contribution in [1.82, 2.24) is 0 Å². The number of hydrogen-bond acceptors (Lipinski definition) is 4. The number of aliphatic imine (C=N–C) groups is 2. The van der Waals surface area contributed by atoms with Crippen LogP contribution in [0.3, 0.4) is 0 Å². The zero-order chi connectivity index (χ0) is 27.9. The Labute approximate surface area is 234 Å². The van der Waals surface area contributed by atoms with Gasteiger partial charge in [0.05, 0.1) is 22.8 Å². The van der Waals surface area contributed by atoms with Crippen LogP contribution in [0.25, 0.3) is 0 Å². The lowest BCUT2D eigenvalue weighted by Gasteiger charge is -2.29. The first-order chi connectivity index (χ1) is 18.7. The van der Waals surface area contributed by atoms with Crippen LogP contribution in [0.2, 0.25) is 0 Å². The van der Waals surface area contributed by atoms with Crippen molar-refractivity contribution in [2.75, 3.05) is 10.6 Å². The summed E-state index contributed by atoms with van der Waals surface area (Å²) < 4.78 is 0. The van der Waals surface area contributed by atoms with Gasteiger partial charge in [0.2, 0.25) is 0 Å². The van der Waals surface area contributed by atoms with Gasteiger partial charge in [0.25, 0.3) is 0 Å². The zero-order valence-electron chi connectivity index (χ0n) is 24.3. The van der Waals surface area contributed by atoms with Crippen molar-refractivity contribution in [2.45, 2.75) is 71.8 Å². The first-order valence-corrected chi connectivity index (χ1v) is 14.1. The molecule has 0 saturated heterocycles. The number of hydrogen-bond donors (Lipinski definition) is 2. The highest BCUT2D eigenvalue weighted by Gasteiger charge is 2.19. The van der Waals surface area contributed by atoms with E-state index in [0.29, 0.717) is 0 Å². The molecule has 202 valence electrons. The minimum absolute atomic E-state index is 0.126. The highest BCUT2D eigenvalue weighted by molar-refractivity contribution is 6.19. The normalized spacial score (nSPS) is 13.4. The predicted molar refractivity (Wildman–Crippen MR) is 171 cm³/mol. The van der Waals surface area contributed by atoms with Gasteiger partial charge in [0.1, 0.15) is 0 Å². The monoisotopic (exact) mass is 518 g/mol. The summed E-state index contributed by atoms with van der Waals surface area (Å²) in [6.45, 7) is 13.5. The van der Waals surface area contributed by atoms with Gasteiger partial charge in [-0.3, -0.25) is 0 Å². The van der Waals surface area contributed by atoms with Crippen molar-refractivity contribution in [3.8, 4) is 0 Å². The van der Waals surface area contributed by atoms with E-state index in [1.165, 1.54) is 5.56 Å². The van der Waals surface area contributed by atoms with E-state index in [2.05, 4.69) is 113 Å². The van der Waals surface area contributed by atoms with Gasteiger partial charge in [0.15, 0.2) is 0 Å². The maximum absolute atomic E-state index is 4.77. The van der Waals surface area contributed by atoms with E-state index < -0.39 is 0 Å². The Hall–Kier alpha value is -3.92. The SMILES string of the molecule is CCC(C)(CC)Nc1ccc(Nc2ccc(N=C3C=CC(=Nc4ccc(C(C)(C)CC)cc4)C=C3)cc2)cc1. The van der Waals surface area contributed by atoms with Crippen LogP contribution in [0.4, 0.5) is 28.4 Å². The van der Waals surface area contributed by atoms with Gasteiger partial charge in [-0.15, -0.1) is 0 Å². The zero-order valence-corrected chi connectivity index (χ0v) is 24.3. The fraction of sp³-hybridized carbons (Fsp3) is 0.314. The van der Waals surface area contributed by atoms with Crippen LogP contribution in [0.15, 0.2) is 107 Å². The number of anilines is 3. The Kier molecular flexibility index (Phi) is 8.86. The molecule has 0 heterocycles. The number of benzene rings is 3. The van der Waals surface area contributed by atoms with Gasteiger partial charge in [0, 0.05) is 22.6 Å². The maximum Gasteiger partial charge on any atom is 0.0638 e. The molecule has 2 N–H and O–H groups in total. The van der Waals surface area contributed by atoms with E-state index in [9.17, 15) is 0 Å². The molecule has 0 aromatic heterocycles. The van der Waals surface area contributed by atoms with Crippen molar-refractivity contribution in [1.29, 1.82) is 0 Å². The molecule has 4 nitrogen and oxygen atoms in total. The standard InChI is InChI=1S/C35H42N4/c1-7-34(4,5)26-10-12-27(13-11-26)36-28-14-16-29(17-15-28)37-30-18-20-31(21-19-30)38-32-22-24-33(25-23-32)39-35(6,8-2)9-3/h10-25,38-39H,7-9H2,1-6H3. The molecule has 0 aliphatic heterocycles. The van der Waals surface area contributed by atoms with Crippen LogP contribution < -0.4 is 10.6 Å². The number of allylic oxidation sites excluding steroid dienone is 4. The van der Waals surface area contributed by atoms with Crippen LogP contribution in [0.1, 0.15) is 66.4 Å². The summed E-state index contributed by atoms with van der Waals surface area (Å²) in [5, 5.41) is 7.13. The third-order valence-electron chi connectivity index (χ3n) is 7.95. The molecular formula is C35H42N4. The Bertz CT molecular complexity index is 1330. The van der Waals surface area contributed by atoms with E-state index >= 15 is 0 Å². The minimum atomic E-state index is 0.126. The maximum atomic E-state index is 4.77. The molecule has 39 heavy (non-hydrogen) atoms. The highest BCUT2D eigenvalue weighted by Crippen LogP contribution is 2.29.